The second-order valence-electron chi connectivity index (χ2n) is 17.8. The van der Waals surface area contributed by atoms with E-state index in [0.29, 0.717) is 12.8 Å². The number of ether oxygens (including phenoxy) is 3. The van der Waals surface area contributed by atoms with Gasteiger partial charge in [-0.15, -0.1) is 0 Å². The van der Waals surface area contributed by atoms with Crippen LogP contribution in [0.25, 0.3) is 0 Å². The van der Waals surface area contributed by atoms with Crippen molar-refractivity contribution in [3.63, 3.8) is 0 Å². The Morgan fingerprint density at radius 1 is 0.359 bits per heavy atom. The van der Waals surface area contributed by atoms with Gasteiger partial charge in [0.2, 0.25) is 0 Å². The Bertz CT molecular complexity index is 1210. The molecule has 0 aliphatic heterocycles. The largest absolute Gasteiger partial charge is 0.462 e. The Labute approximate surface area is 395 Å². The van der Waals surface area contributed by atoms with E-state index in [0.717, 1.165) is 70.6 Å². The van der Waals surface area contributed by atoms with Crippen LogP contribution in [-0.2, 0) is 28.6 Å². The summed E-state index contributed by atoms with van der Waals surface area (Å²) in [4.78, 5) is 37.9. The van der Waals surface area contributed by atoms with E-state index >= 15 is 0 Å². The van der Waals surface area contributed by atoms with E-state index in [1.54, 1.807) is 6.08 Å². The van der Waals surface area contributed by atoms with E-state index in [2.05, 4.69) is 81.5 Å². The van der Waals surface area contributed by atoms with Crippen molar-refractivity contribution in [2.24, 2.45) is 0 Å². The summed E-state index contributed by atoms with van der Waals surface area (Å²) in [6.45, 7) is 6.40. The molecule has 1 atom stereocenters. The van der Waals surface area contributed by atoms with Crippen molar-refractivity contribution in [3.8, 4) is 0 Å². The lowest BCUT2D eigenvalue weighted by atomic mass is 10.1. The fraction of sp³-hybridized carbons (Fsp3) is 0.741. The lowest BCUT2D eigenvalue weighted by molar-refractivity contribution is -0.166. The number of unbranched alkanes of at least 4 members (excludes halogenated alkanes) is 27. The fourth-order valence-corrected chi connectivity index (χ4v) is 7.43. The van der Waals surface area contributed by atoms with Gasteiger partial charge in [-0.25, -0.2) is 0 Å². The van der Waals surface area contributed by atoms with Gasteiger partial charge in [0.25, 0.3) is 0 Å². The van der Waals surface area contributed by atoms with Crippen LogP contribution >= 0.6 is 0 Å². The molecule has 0 radical (unpaired) electrons. The zero-order valence-corrected chi connectivity index (χ0v) is 42.0. The third kappa shape index (κ3) is 49.9. The van der Waals surface area contributed by atoms with Crippen molar-refractivity contribution in [2.75, 3.05) is 13.2 Å². The van der Waals surface area contributed by atoms with Crippen LogP contribution in [0, 0.1) is 0 Å². The topological polar surface area (TPSA) is 78.9 Å². The van der Waals surface area contributed by atoms with Crippen LogP contribution in [0.1, 0.15) is 258 Å². The molecule has 1 unspecified atom stereocenters. The summed E-state index contributed by atoms with van der Waals surface area (Å²) in [7, 11) is 0. The smallest absolute Gasteiger partial charge is 0.309 e. The molecular weight excluding hydrogens is 793 g/mol. The first-order valence-electron chi connectivity index (χ1n) is 27.0. The second kappa shape index (κ2) is 52.5. The zero-order chi connectivity index (χ0) is 46.5. The van der Waals surface area contributed by atoms with Gasteiger partial charge in [-0.3, -0.25) is 14.4 Å². The van der Waals surface area contributed by atoms with E-state index in [1.165, 1.54) is 148 Å². The second-order valence-corrected chi connectivity index (χ2v) is 17.8. The zero-order valence-electron chi connectivity index (χ0n) is 42.0. The van der Waals surface area contributed by atoms with Gasteiger partial charge < -0.3 is 14.2 Å². The van der Waals surface area contributed by atoms with Crippen molar-refractivity contribution in [2.45, 2.75) is 264 Å². The minimum atomic E-state index is -0.815. The molecule has 0 saturated heterocycles. The molecule has 0 aromatic heterocycles. The SMILES string of the molecule is CC/C=C\C/C=C\C/C=C\CC(=O)OCC(COC(=O)CCCCCCCCCCCC/C=C\C=C/CCCCC)OC(=O)CCCCCCC/C=C\CCCCCCCCCCC. The van der Waals surface area contributed by atoms with Crippen LogP contribution in [0.3, 0.4) is 0 Å². The highest BCUT2D eigenvalue weighted by molar-refractivity contribution is 5.72. The molecule has 0 fully saturated rings. The maximum absolute atomic E-state index is 12.8. The first-order valence-corrected chi connectivity index (χ1v) is 27.0. The highest BCUT2D eigenvalue weighted by Gasteiger charge is 2.19. The summed E-state index contributed by atoms with van der Waals surface area (Å²) < 4.78 is 16.7. The number of hydrogen-bond donors (Lipinski definition) is 0. The molecular formula is C58H100O6. The summed E-state index contributed by atoms with van der Waals surface area (Å²) >= 11 is 0. The van der Waals surface area contributed by atoms with E-state index in [1.807, 2.05) is 6.08 Å². The van der Waals surface area contributed by atoms with Crippen LogP contribution in [0.5, 0.6) is 0 Å². The standard InChI is InChI=1S/C58H100O6/c1-4-7-10-13-16-19-21-23-25-27-29-31-32-34-36-39-42-45-48-51-57(60)63-54-55(53-62-56(59)50-47-44-41-38-18-15-12-9-6-3)64-58(61)52-49-46-43-40-37-35-33-30-28-26-24-22-20-17-14-11-8-5-2/h9,12,16,18-19,21,23,30,33,38,44,47,55H,4-8,10-11,13-15,17,20,22,24-29,31-32,34-37,39-43,45-46,48-54H2,1-3H3/b12-9-,19-16-,23-21-,33-30-,38-18-,47-44-. The highest BCUT2D eigenvalue weighted by atomic mass is 16.6. The Morgan fingerprint density at radius 3 is 1.20 bits per heavy atom. The molecule has 6 nitrogen and oxygen atoms in total. The van der Waals surface area contributed by atoms with Crippen LogP contribution in [-0.4, -0.2) is 37.2 Å². The molecule has 0 amide bonds. The monoisotopic (exact) mass is 893 g/mol. The normalized spacial score (nSPS) is 12.6. The summed E-state index contributed by atoms with van der Waals surface area (Å²) in [5.41, 5.74) is 0. The van der Waals surface area contributed by atoms with Crippen LogP contribution in [0.4, 0.5) is 0 Å². The highest BCUT2D eigenvalue weighted by Crippen LogP contribution is 2.15. The van der Waals surface area contributed by atoms with Gasteiger partial charge in [0.05, 0.1) is 6.42 Å². The fourth-order valence-electron chi connectivity index (χ4n) is 7.43. The van der Waals surface area contributed by atoms with Gasteiger partial charge in [0, 0.05) is 12.8 Å². The van der Waals surface area contributed by atoms with Gasteiger partial charge in [-0.1, -0.05) is 229 Å². The number of rotatable bonds is 48. The average Bonchev–Trinajstić information content (AvgIpc) is 3.29. The molecule has 0 bridgehead atoms. The van der Waals surface area contributed by atoms with Gasteiger partial charge in [0.1, 0.15) is 13.2 Å². The summed E-state index contributed by atoms with van der Waals surface area (Å²) in [5, 5.41) is 0. The number of esters is 3. The molecule has 6 heteroatoms. The van der Waals surface area contributed by atoms with Gasteiger partial charge in [0.15, 0.2) is 6.10 Å². The van der Waals surface area contributed by atoms with Crippen LogP contribution < -0.4 is 0 Å². The van der Waals surface area contributed by atoms with Crippen molar-refractivity contribution < 1.29 is 28.6 Å². The van der Waals surface area contributed by atoms with E-state index < -0.39 is 12.1 Å². The summed E-state index contributed by atoms with van der Waals surface area (Å²) in [5.74, 6) is -1.04. The van der Waals surface area contributed by atoms with Gasteiger partial charge >= 0.3 is 17.9 Å². The van der Waals surface area contributed by atoms with Crippen LogP contribution in [0.15, 0.2) is 72.9 Å². The molecule has 0 aliphatic rings. The van der Waals surface area contributed by atoms with Crippen LogP contribution in [0.2, 0.25) is 0 Å². The predicted molar refractivity (Wildman–Crippen MR) is 274 cm³/mol. The number of carbonyl (C=O) groups excluding carboxylic acids is 3. The minimum absolute atomic E-state index is 0.107. The number of allylic oxidation sites excluding steroid dienone is 11. The third-order valence-corrected chi connectivity index (χ3v) is 11.5. The van der Waals surface area contributed by atoms with Gasteiger partial charge in [-0.05, 0) is 83.5 Å². The molecule has 368 valence electrons. The Morgan fingerprint density at radius 2 is 0.719 bits per heavy atom. The molecule has 64 heavy (non-hydrogen) atoms. The average molecular weight is 893 g/mol. The first kappa shape index (κ1) is 60.9. The molecule has 0 heterocycles. The minimum Gasteiger partial charge on any atom is -0.462 e. The molecule has 0 aliphatic carbocycles. The molecule has 0 rings (SSSR count). The number of hydrogen-bond acceptors (Lipinski definition) is 6. The first-order chi connectivity index (χ1) is 31.5. The molecule has 0 N–H and O–H groups in total. The number of carbonyl (C=O) groups is 3. The third-order valence-electron chi connectivity index (χ3n) is 11.5. The molecule has 0 aromatic rings. The van der Waals surface area contributed by atoms with E-state index in [-0.39, 0.29) is 31.6 Å². The maximum Gasteiger partial charge on any atom is 0.309 e. The quantitative estimate of drug-likeness (QED) is 0.0199. The maximum atomic E-state index is 12.8. The van der Waals surface area contributed by atoms with E-state index in [4.69, 9.17) is 14.2 Å². The lowest BCUT2D eigenvalue weighted by Crippen LogP contribution is -2.30. The van der Waals surface area contributed by atoms with Crippen molar-refractivity contribution >= 4 is 17.9 Å². The Balaban J connectivity index is 4.34. The molecule has 0 spiro atoms. The molecule has 0 aromatic carbocycles. The van der Waals surface area contributed by atoms with Crippen molar-refractivity contribution in [3.05, 3.63) is 72.9 Å². The Kier molecular flexibility index (Phi) is 49.9. The molecule has 0 saturated carbocycles. The van der Waals surface area contributed by atoms with Crippen molar-refractivity contribution in [1.29, 1.82) is 0 Å². The Hall–Kier alpha value is -3.15. The van der Waals surface area contributed by atoms with E-state index in [9.17, 15) is 14.4 Å². The summed E-state index contributed by atoms with van der Waals surface area (Å²) in [6, 6.07) is 0. The van der Waals surface area contributed by atoms with Gasteiger partial charge in [-0.2, -0.15) is 0 Å². The predicted octanol–water partition coefficient (Wildman–Crippen LogP) is 17.8. The van der Waals surface area contributed by atoms with Crippen molar-refractivity contribution in [1.82, 2.24) is 0 Å². The lowest BCUT2D eigenvalue weighted by Gasteiger charge is -2.18. The summed E-state index contributed by atoms with van der Waals surface area (Å²) in [6.07, 6.45) is 66.4.